The maximum atomic E-state index is 12.6. The van der Waals surface area contributed by atoms with E-state index in [0.29, 0.717) is 16.4 Å². The van der Waals surface area contributed by atoms with Crippen molar-refractivity contribution < 1.29 is 19.1 Å². The molecule has 28 heavy (non-hydrogen) atoms. The third kappa shape index (κ3) is 6.26. The molecular weight excluding hydrogens is 376 g/mol. The minimum absolute atomic E-state index is 0.0393. The number of esters is 1. The predicted molar refractivity (Wildman–Crippen MR) is 110 cm³/mol. The number of nitrogens with one attached hydrogen (secondary N) is 1. The monoisotopic (exact) mass is 406 g/mol. The third-order valence-electron chi connectivity index (χ3n) is 5.05. The van der Waals surface area contributed by atoms with Crippen molar-refractivity contribution in [2.45, 2.75) is 56.6 Å². The molecule has 0 heterocycles. The summed E-state index contributed by atoms with van der Waals surface area (Å²) in [7, 11) is 3.38. The number of thioether (sulfide) groups is 1. The zero-order chi connectivity index (χ0) is 20.7. The first-order valence-electron chi connectivity index (χ1n) is 9.73. The van der Waals surface area contributed by atoms with Crippen molar-refractivity contribution in [2.75, 3.05) is 19.8 Å². The van der Waals surface area contributed by atoms with Crippen molar-refractivity contribution in [1.82, 2.24) is 10.2 Å². The molecule has 1 aromatic carbocycles. The van der Waals surface area contributed by atoms with Crippen LogP contribution < -0.4 is 5.32 Å². The van der Waals surface area contributed by atoms with Gasteiger partial charge in [0.15, 0.2) is 6.10 Å². The van der Waals surface area contributed by atoms with Gasteiger partial charge in [0.2, 0.25) is 5.91 Å². The Kier molecular flexibility index (Phi) is 8.35. The molecule has 6 nitrogen and oxygen atoms in total. The Bertz CT molecular complexity index is 707. The van der Waals surface area contributed by atoms with Gasteiger partial charge in [0.1, 0.15) is 0 Å². The quantitative estimate of drug-likeness (QED) is 0.556. The zero-order valence-electron chi connectivity index (χ0n) is 17.1. The van der Waals surface area contributed by atoms with Gasteiger partial charge in [-0.1, -0.05) is 31.9 Å². The number of rotatable bonds is 7. The van der Waals surface area contributed by atoms with Crippen LogP contribution in [0, 0.1) is 5.92 Å². The van der Waals surface area contributed by atoms with Crippen LogP contribution in [0.2, 0.25) is 0 Å². The van der Waals surface area contributed by atoms with E-state index in [1.54, 1.807) is 45.3 Å². The molecule has 0 bridgehead atoms. The summed E-state index contributed by atoms with van der Waals surface area (Å²) in [5, 5.41) is 3.02. The van der Waals surface area contributed by atoms with Gasteiger partial charge in [0.05, 0.1) is 11.3 Å². The molecule has 0 unspecified atom stereocenters. The lowest BCUT2D eigenvalue weighted by molar-refractivity contribution is -0.130. The molecule has 7 heteroatoms. The van der Waals surface area contributed by atoms with Crippen LogP contribution in [0.15, 0.2) is 29.2 Å². The van der Waals surface area contributed by atoms with Crippen LogP contribution >= 0.6 is 11.8 Å². The highest BCUT2D eigenvalue weighted by Gasteiger charge is 2.27. The second kappa shape index (κ2) is 10.5. The minimum Gasteiger partial charge on any atom is -0.449 e. The van der Waals surface area contributed by atoms with Crippen molar-refractivity contribution in [3.05, 3.63) is 29.8 Å². The summed E-state index contributed by atoms with van der Waals surface area (Å²) in [4.78, 5) is 39.0. The fourth-order valence-electron chi connectivity index (χ4n) is 3.14. The van der Waals surface area contributed by atoms with E-state index in [0.717, 1.165) is 19.3 Å². The molecule has 2 amide bonds. The molecule has 1 aromatic rings. The highest BCUT2D eigenvalue weighted by molar-refractivity contribution is 8.00. The van der Waals surface area contributed by atoms with E-state index in [1.165, 1.54) is 23.1 Å². The lowest BCUT2D eigenvalue weighted by atomic mass is 9.86. The van der Waals surface area contributed by atoms with Gasteiger partial charge in [-0.3, -0.25) is 9.59 Å². The molecule has 1 N–H and O–H groups in total. The molecule has 2 rings (SSSR count). The van der Waals surface area contributed by atoms with Gasteiger partial charge in [-0.15, -0.1) is 11.8 Å². The van der Waals surface area contributed by atoms with Crippen molar-refractivity contribution in [2.24, 2.45) is 5.92 Å². The van der Waals surface area contributed by atoms with E-state index in [4.69, 9.17) is 4.74 Å². The van der Waals surface area contributed by atoms with E-state index >= 15 is 0 Å². The molecule has 0 saturated heterocycles. The third-order valence-corrected chi connectivity index (χ3v) is 6.11. The summed E-state index contributed by atoms with van der Waals surface area (Å²) in [5.74, 6) is -0.193. The number of amides is 2. The fraction of sp³-hybridized carbons (Fsp3) is 0.571. The van der Waals surface area contributed by atoms with Crippen LogP contribution in [-0.2, 0) is 14.3 Å². The number of carbonyl (C=O) groups is 3. The Morgan fingerprint density at radius 1 is 1.21 bits per heavy atom. The summed E-state index contributed by atoms with van der Waals surface area (Å²) < 4.78 is 5.41. The summed E-state index contributed by atoms with van der Waals surface area (Å²) in [6, 6.07) is 7.11. The number of ether oxygens (including phenoxy) is 1. The van der Waals surface area contributed by atoms with Gasteiger partial charge >= 0.3 is 5.97 Å². The average molecular weight is 407 g/mol. The lowest BCUT2D eigenvalue weighted by Gasteiger charge is -2.30. The molecule has 0 aliphatic heterocycles. The molecule has 1 aliphatic carbocycles. The van der Waals surface area contributed by atoms with E-state index in [2.05, 4.69) is 12.2 Å². The predicted octanol–water partition coefficient (Wildman–Crippen LogP) is 3.11. The van der Waals surface area contributed by atoms with Crippen LogP contribution in [-0.4, -0.2) is 54.7 Å². The first-order valence-corrected chi connectivity index (χ1v) is 10.7. The standard InChI is InChI=1S/C21H30N2O4S/c1-14-9-5-7-11-17(14)22-20(25)15(2)27-21(26)16-10-6-8-12-18(16)28-13-19(24)23(3)4/h6,8,10,12,14-15,17H,5,7,9,11,13H2,1-4H3,(H,22,25)/t14-,15+,17-/m0/s1. The van der Waals surface area contributed by atoms with Gasteiger partial charge in [-0.25, -0.2) is 4.79 Å². The first-order chi connectivity index (χ1) is 13.3. The molecule has 1 fully saturated rings. The normalized spacial score (nSPS) is 20.1. The SMILES string of the molecule is C[C@@H](OC(=O)c1ccccc1SCC(=O)N(C)C)C(=O)N[C@H]1CCCC[C@@H]1C. The van der Waals surface area contributed by atoms with Crippen LogP contribution in [0.4, 0.5) is 0 Å². The molecule has 1 aliphatic rings. The number of hydrogen-bond donors (Lipinski definition) is 1. The topological polar surface area (TPSA) is 75.7 Å². The van der Waals surface area contributed by atoms with Gasteiger partial charge in [0.25, 0.3) is 5.91 Å². The fourth-order valence-corrected chi connectivity index (χ4v) is 4.16. The molecular formula is C21H30N2O4S. The van der Waals surface area contributed by atoms with E-state index in [1.807, 2.05) is 0 Å². The maximum absolute atomic E-state index is 12.6. The molecule has 3 atom stereocenters. The Hall–Kier alpha value is -2.02. The van der Waals surface area contributed by atoms with Crippen LogP contribution in [0.5, 0.6) is 0 Å². The Labute approximate surface area is 171 Å². The molecule has 0 spiro atoms. The Balaban J connectivity index is 1.96. The van der Waals surface area contributed by atoms with Gasteiger partial charge < -0.3 is 15.0 Å². The highest BCUT2D eigenvalue weighted by atomic mass is 32.2. The zero-order valence-corrected chi connectivity index (χ0v) is 17.9. The highest BCUT2D eigenvalue weighted by Crippen LogP contribution is 2.25. The maximum Gasteiger partial charge on any atom is 0.340 e. The summed E-state index contributed by atoms with van der Waals surface area (Å²) >= 11 is 1.28. The minimum atomic E-state index is -0.872. The second-order valence-corrected chi connectivity index (χ2v) is 8.51. The number of benzene rings is 1. The number of nitrogens with zero attached hydrogens (tertiary/aromatic N) is 1. The van der Waals surface area contributed by atoms with Crippen LogP contribution in [0.25, 0.3) is 0 Å². The van der Waals surface area contributed by atoms with E-state index < -0.39 is 12.1 Å². The summed E-state index contributed by atoms with van der Waals surface area (Å²) in [6.45, 7) is 3.73. The van der Waals surface area contributed by atoms with Gasteiger partial charge in [-0.2, -0.15) is 0 Å². The number of hydrogen-bond acceptors (Lipinski definition) is 5. The smallest absolute Gasteiger partial charge is 0.340 e. The van der Waals surface area contributed by atoms with Crippen LogP contribution in [0.1, 0.15) is 49.9 Å². The Morgan fingerprint density at radius 3 is 2.57 bits per heavy atom. The molecule has 1 saturated carbocycles. The van der Waals surface area contributed by atoms with Crippen molar-refractivity contribution in [3.63, 3.8) is 0 Å². The second-order valence-electron chi connectivity index (χ2n) is 7.50. The summed E-state index contributed by atoms with van der Waals surface area (Å²) in [6.07, 6.45) is 3.51. The van der Waals surface area contributed by atoms with E-state index in [-0.39, 0.29) is 23.6 Å². The number of carbonyl (C=O) groups excluding carboxylic acids is 3. The van der Waals surface area contributed by atoms with E-state index in [9.17, 15) is 14.4 Å². The van der Waals surface area contributed by atoms with Gasteiger partial charge in [-0.05, 0) is 37.8 Å². The summed E-state index contributed by atoms with van der Waals surface area (Å²) in [5.41, 5.74) is 0.366. The molecule has 154 valence electrons. The first kappa shape index (κ1) is 22.3. The van der Waals surface area contributed by atoms with Gasteiger partial charge in [0, 0.05) is 25.0 Å². The molecule has 0 radical (unpaired) electrons. The largest absolute Gasteiger partial charge is 0.449 e. The average Bonchev–Trinajstić information content (AvgIpc) is 2.67. The van der Waals surface area contributed by atoms with Crippen molar-refractivity contribution >= 4 is 29.5 Å². The van der Waals surface area contributed by atoms with Crippen molar-refractivity contribution in [3.8, 4) is 0 Å². The van der Waals surface area contributed by atoms with Crippen molar-refractivity contribution in [1.29, 1.82) is 0 Å². The molecule has 0 aromatic heterocycles. The Morgan fingerprint density at radius 2 is 1.89 bits per heavy atom. The van der Waals surface area contributed by atoms with Crippen LogP contribution in [0.3, 0.4) is 0 Å². The lowest BCUT2D eigenvalue weighted by Crippen LogP contribution is -2.46.